The molecule has 1 heterocycles. The van der Waals surface area contributed by atoms with Crippen LogP contribution in [0.2, 0.25) is 0 Å². The summed E-state index contributed by atoms with van der Waals surface area (Å²) < 4.78 is 1.77. The van der Waals surface area contributed by atoms with Crippen LogP contribution in [0.25, 0.3) is 10.9 Å². The van der Waals surface area contributed by atoms with Gasteiger partial charge in [-0.05, 0) is 35.8 Å². The number of benzene rings is 2. The molecule has 0 aliphatic rings. The summed E-state index contributed by atoms with van der Waals surface area (Å²) in [7, 11) is 0. The van der Waals surface area contributed by atoms with E-state index in [1.165, 1.54) is 18.2 Å². The number of aromatic nitrogens is 1. The first kappa shape index (κ1) is 19.0. The van der Waals surface area contributed by atoms with Crippen LogP contribution >= 0.6 is 12.2 Å². The average Bonchev–Trinajstić information content (AvgIpc) is 3.09. The number of fused-ring (bicyclic) bond motifs is 1. The minimum absolute atomic E-state index is 0.0575. The SMILES string of the molecule is O=C(Cn1ccc2ccccc21)NNC(=S)NC(=O)c1cccc([N+](=O)[O-])c1. The van der Waals surface area contributed by atoms with Gasteiger partial charge in [-0.15, -0.1) is 0 Å². The van der Waals surface area contributed by atoms with Crippen molar-refractivity contribution >= 4 is 45.7 Å². The van der Waals surface area contributed by atoms with Crippen molar-refractivity contribution in [3.63, 3.8) is 0 Å². The van der Waals surface area contributed by atoms with Gasteiger partial charge >= 0.3 is 0 Å². The quantitative estimate of drug-likeness (QED) is 0.351. The van der Waals surface area contributed by atoms with Gasteiger partial charge in [-0.2, -0.15) is 0 Å². The molecule has 0 saturated carbocycles. The normalized spacial score (nSPS) is 10.3. The van der Waals surface area contributed by atoms with Gasteiger partial charge in [0.25, 0.3) is 17.5 Å². The molecule has 0 spiro atoms. The van der Waals surface area contributed by atoms with E-state index in [9.17, 15) is 19.7 Å². The predicted molar refractivity (Wildman–Crippen MR) is 106 cm³/mol. The summed E-state index contributed by atoms with van der Waals surface area (Å²) in [5.74, 6) is -1.000. The third-order valence-corrected chi connectivity index (χ3v) is 4.06. The number of hydrazine groups is 1. The number of hydrogen-bond donors (Lipinski definition) is 3. The van der Waals surface area contributed by atoms with E-state index in [4.69, 9.17) is 12.2 Å². The molecule has 0 unspecified atom stereocenters. The Bertz CT molecular complexity index is 1080. The van der Waals surface area contributed by atoms with Gasteiger partial charge < -0.3 is 4.57 Å². The number of nitro groups is 1. The first-order valence-corrected chi connectivity index (χ1v) is 8.53. The largest absolute Gasteiger partial charge is 0.338 e. The fourth-order valence-electron chi connectivity index (χ4n) is 2.57. The Hall–Kier alpha value is -3.79. The van der Waals surface area contributed by atoms with Crippen molar-refractivity contribution in [3.05, 3.63) is 76.5 Å². The molecule has 9 nitrogen and oxygen atoms in total. The number of nitrogens with zero attached hydrogens (tertiary/aromatic N) is 2. The van der Waals surface area contributed by atoms with Crippen molar-refractivity contribution in [2.75, 3.05) is 0 Å². The van der Waals surface area contributed by atoms with Gasteiger partial charge in [0, 0.05) is 29.4 Å². The highest BCUT2D eigenvalue weighted by Gasteiger charge is 2.13. The molecule has 0 atom stereocenters. The number of nitrogens with one attached hydrogen (secondary N) is 3. The molecular weight excluding hydrogens is 382 g/mol. The lowest BCUT2D eigenvalue weighted by molar-refractivity contribution is -0.384. The van der Waals surface area contributed by atoms with Gasteiger partial charge in [0.15, 0.2) is 5.11 Å². The molecule has 0 radical (unpaired) electrons. The maximum Gasteiger partial charge on any atom is 0.270 e. The number of non-ortho nitro benzene ring substituents is 1. The molecule has 3 N–H and O–H groups in total. The van der Waals surface area contributed by atoms with Crippen LogP contribution in [0.1, 0.15) is 10.4 Å². The predicted octanol–water partition coefficient (Wildman–Crippen LogP) is 1.89. The van der Waals surface area contributed by atoms with Crippen LogP contribution in [-0.2, 0) is 11.3 Å². The Morgan fingerprint density at radius 1 is 1.07 bits per heavy atom. The van der Waals surface area contributed by atoms with Crippen LogP contribution in [0.5, 0.6) is 0 Å². The third kappa shape index (κ3) is 4.48. The summed E-state index contributed by atoms with van der Waals surface area (Å²) in [6.45, 7) is 0.0575. The van der Waals surface area contributed by atoms with Gasteiger partial charge in [-0.25, -0.2) is 0 Å². The van der Waals surface area contributed by atoms with E-state index in [-0.39, 0.29) is 28.8 Å². The van der Waals surface area contributed by atoms with Crippen molar-refractivity contribution in [2.24, 2.45) is 0 Å². The molecule has 10 heteroatoms. The molecule has 0 saturated heterocycles. The van der Waals surface area contributed by atoms with Gasteiger partial charge in [0.2, 0.25) is 0 Å². The molecule has 3 rings (SSSR count). The lowest BCUT2D eigenvalue weighted by Gasteiger charge is -2.11. The maximum atomic E-state index is 12.1. The fraction of sp³-hybridized carbons (Fsp3) is 0.0556. The fourth-order valence-corrected chi connectivity index (χ4v) is 2.71. The van der Waals surface area contributed by atoms with E-state index < -0.39 is 10.8 Å². The summed E-state index contributed by atoms with van der Waals surface area (Å²) in [6.07, 6.45) is 1.80. The summed E-state index contributed by atoms with van der Waals surface area (Å²) in [6, 6.07) is 14.8. The summed E-state index contributed by atoms with van der Waals surface area (Å²) >= 11 is 4.96. The number of carbonyl (C=O) groups is 2. The molecule has 0 aliphatic carbocycles. The van der Waals surface area contributed by atoms with E-state index in [1.54, 1.807) is 10.8 Å². The molecule has 0 bridgehead atoms. The Morgan fingerprint density at radius 3 is 2.64 bits per heavy atom. The van der Waals surface area contributed by atoms with E-state index in [0.29, 0.717) is 0 Å². The van der Waals surface area contributed by atoms with Crippen LogP contribution in [0.3, 0.4) is 0 Å². The van der Waals surface area contributed by atoms with Crippen LogP contribution in [0.15, 0.2) is 60.8 Å². The minimum atomic E-state index is -0.633. The van der Waals surface area contributed by atoms with Crippen molar-refractivity contribution in [2.45, 2.75) is 6.54 Å². The van der Waals surface area contributed by atoms with Crippen LogP contribution < -0.4 is 16.2 Å². The highest BCUT2D eigenvalue weighted by atomic mass is 32.1. The number of nitro benzene ring substituents is 1. The number of amides is 2. The molecule has 0 aliphatic heterocycles. The van der Waals surface area contributed by atoms with Gasteiger partial charge in [0.05, 0.1) is 4.92 Å². The molecule has 2 aromatic carbocycles. The zero-order valence-corrected chi connectivity index (χ0v) is 15.2. The summed E-state index contributed by atoms with van der Waals surface area (Å²) in [4.78, 5) is 34.4. The van der Waals surface area contributed by atoms with Crippen LogP contribution in [-0.4, -0.2) is 26.4 Å². The van der Waals surface area contributed by atoms with E-state index >= 15 is 0 Å². The highest BCUT2D eigenvalue weighted by molar-refractivity contribution is 7.80. The van der Waals surface area contributed by atoms with Gasteiger partial charge in [0.1, 0.15) is 6.54 Å². The maximum absolute atomic E-state index is 12.1. The number of thiocarbonyl (C=S) groups is 1. The second kappa shape index (κ2) is 8.27. The molecular formula is C18H15N5O4S. The molecule has 0 fully saturated rings. The first-order chi connectivity index (χ1) is 13.4. The van der Waals surface area contributed by atoms with Crippen molar-refractivity contribution in [3.8, 4) is 0 Å². The second-order valence-electron chi connectivity index (χ2n) is 5.77. The number of hydrogen-bond acceptors (Lipinski definition) is 5. The second-order valence-corrected chi connectivity index (χ2v) is 6.17. The number of rotatable bonds is 4. The Labute approximate surface area is 164 Å². The summed E-state index contributed by atoms with van der Waals surface area (Å²) in [5.41, 5.74) is 5.61. The Balaban J connectivity index is 1.52. The molecule has 3 aromatic rings. The lowest BCUT2D eigenvalue weighted by Crippen LogP contribution is -2.49. The zero-order chi connectivity index (χ0) is 20.1. The smallest absolute Gasteiger partial charge is 0.270 e. The zero-order valence-electron chi connectivity index (χ0n) is 14.4. The highest BCUT2D eigenvalue weighted by Crippen LogP contribution is 2.14. The minimum Gasteiger partial charge on any atom is -0.338 e. The van der Waals surface area contributed by atoms with Crippen molar-refractivity contribution < 1.29 is 14.5 Å². The monoisotopic (exact) mass is 397 g/mol. The van der Waals surface area contributed by atoms with Crippen LogP contribution in [0.4, 0.5) is 5.69 Å². The van der Waals surface area contributed by atoms with Crippen LogP contribution in [0, 0.1) is 10.1 Å². The first-order valence-electron chi connectivity index (χ1n) is 8.12. The standard InChI is InChI=1S/C18H15N5O4S/c24-16(11-22-9-8-12-4-1-2-7-15(12)22)20-21-18(28)19-17(25)13-5-3-6-14(10-13)23(26)27/h1-10H,11H2,(H,20,24)(H2,19,21,25,28). The molecule has 1 aromatic heterocycles. The van der Waals surface area contributed by atoms with Crippen molar-refractivity contribution in [1.82, 2.24) is 20.7 Å². The van der Waals surface area contributed by atoms with Crippen molar-refractivity contribution in [1.29, 1.82) is 0 Å². The number of carbonyl (C=O) groups excluding carboxylic acids is 2. The van der Waals surface area contributed by atoms with E-state index in [1.807, 2.05) is 30.3 Å². The molecule has 142 valence electrons. The Morgan fingerprint density at radius 2 is 1.86 bits per heavy atom. The molecule has 28 heavy (non-hydrogen) atoms. The average molecular weight is 397 g/mol. The van der Waals surface area contributed by atoms with E-state index in [2.05, 4.69) is 16.2 Å². The summed E-state index contributed by atoms with van der Waals surface area (Å²) in [5, 5.41) is 14.0. The third-order valence-electron chi connectivity index (χ3n) is 3.86. The lowest BCUT2D eigenvalue weighted by atomic mass is 10.2. The van der Waals surface area contributed by atoms with Gasteiger partial charge in [-0.3, -0.25) is 35.9 Å². The van der Waals surface area contributed by atoms with Gasteiger partial charge in [-0.1, -0.05) is 24.3 Å². The molecule has 2 amide bonds. The Kier molecular flexibility index (Phi) is 5.61. The number of para-hydroxylation sites is 1. The topological polar surface area (TPSA) is 118 Å². The van der Waals surface area contributed by atoms with E-state index in [0.717, 1.165) is 17.0 Å².